The Bertz CT molecular complexity index is 850. The van der Waals surface area contributed by atoms with Crippen LogP contribution < -0.4 is 4.74 Å². The van der Waals surface area contributed by atoms with Crippen LogP contribution in [-0.4, -0.2) is 84.1 Å². The van der Waals surface area contributed by atoms with Crippen LogP contribution in [0.2, 0.25) is 0 Å². The zero-order valence-corrected chi connectivity index (χ0v) is 18.3. The van der Waals surface area contributed by atoms with Gasteiger partial charge in [0.2, 0.25) is 0 Å². The summed E-state index contributed by atoms with van der Waals surface area (Å²) in [5, 5.41) is 14.8. The zero-order chi connectivity index (χ0) is 23.3. The van der Waals surface area contributed by atoms with Gasteiger partial charge in [-0.25, -0.2) is 9.59 Å². The molecule has 0 amide bonds. The maximum Gasteiger partial charge on any atom is 0.414 e. The number of hydrogen-bond donors (Lipinski definition) is 2. The molecule has 1 aliphatic heterocycles. The van der Waals surface area contributed by atoms with Crippen molar-refractivity contribution in [2.24, 2.45) is 0 Å². The molecule has 0 atom stereocenters. The number of carbonyl (C=O) groups excluding carboxylic acids is 1. The second kappa shape index (κ2) is 13.2. The van der Waals surface area contributed by atoms with Crippen LogP contribution in [0.5, 0.6) is 5.75 Å². The number of likely N-dealkylation sites (N-methyl/N-ethyl adjacent to an activating group) is 1. The Labute approximate surface area is 188 Å². The standard InChI is InChI=1S/C22H28N2O2.C2H2O4/c1-23-14-16-24(17-15-23)13-5-6-18-26-21-11-9-20(10-12-21)22(25)19-7-3-2-4-8-19;3-1(4)2(5)6/h2-4,7-12H,5-6,13-18H2,1H3;(H,3,4)(H,5,6). The van der Waals surface area contributed by atoms with Crippen molar-refractivity contribution in [2.45, 2.75) is 12.8 Å². The van der Waals surface area contributed by atoms with E-state index < -0.39 is 11.9 Å². The van der Waals surface area contributed by atoms with Crippen molar-refractivity contribution in [3.63, 3.8) is 0 Å². The van der Waals surface area contributed by atoms with Crippen LogP contribution in [0.4, 0.5) is 0 Å². The van der Waals surface area contributed by atoms with E-state index in [0.29, 0.717) is 11.1 Å². The Kier molecular flexibility index (Phi) is 10.4. The number of ether oxygens (including phenoxy) is 1. The Hall–Kier alpha value is -3.23. The van der Waals surface area contributed by atoms with Gasteiger partial charge < -0.3 is 24.7 Å². The predicted octanol–water partition coefficient (Wildman–Crippen LogP) is 2.48. The maximum atomic E-state index is 12.4. The van der Waals surface area contributed by atoms with Crippen molar-refractivity contribution in [3.8, 4) is 5.75 Å². The average molecular weight is 443 g/mol. The Balaban J connectivity index is 0.000000534. The highest BCUT2D eigenvalue weighted by molar-refractivity contribution is 6.27. The molecule has 2 aromatic carbocycles. The van der Waals surface area contributed by atoms with E-state index in [1.807, 2.05) is 54.6 Å². The number of aliphatic carboxylic acids is 2. The van der Waals surface area contributed by atoms with E-state index in [1.165, 1.54) is 26.2 Å². The molecular weight excluding hydrogens is 412 g/mol. The lowest BCUT2D eigenvalue weighted by Gasteiger charge is -2.32. The molecular formula is C24H30N2O6. The molecule has 32 heavy (non-hydrogen) atoms. The van der Waals surface area contributed by atoms with Crippen LogP contribution in [0.15, 0.2) is 54.6 Å². The van der Waals surface area contributed by atoms with Gasteiger partial charge in [0.05, 0.1) is 6.61 Å². The van der Waals surface area contributed by atoms with E-state index in [9.17, 15) is 4.79 Å². The number of benzene rings is 2. The van der Waals surface area contributed by atoms with Crippen molar-refractivity contribution in [2.75, 3.05) is 46.4 Å². The molecule has 0 spiro atoms. The number of carboxylic acids is 2. The molecule has 1 aliphatic rings. The number of unbranched alkanes of at least 4 members (excludes halogenated alkanes) is 1. The van der Waals surface area contributed by atoms with E-state index >= 15 is 0 Å². The summed E-state index contributed by atoms with van der Waals surface area (Å²) in [6.45, 7) is 6.57. The first-order valence-electron chi connectivity index (χ1n) is 10.6. The van der Waals surface area contributed by atoms with Gasteiger partial charge in [0.25, 0.3) is 0 Å². The molecule has 8 nitrogen and oxygen atoms in total. The summed E-state index contributed by atoms with van der Waals surface area (Å²) in [6.07, 6.45) is 2.21. The molecule has 0 aliphatic carbocycles. The molecule has 3 rings (SSSR count). The van der Waals surface area contributed by atoms with Gasteiger partial charge in [0, 0.05) is 37.3 Å². The first-order chi connectivity index (χ1) is 15.4. The van der Waals surface area contributed by atoms with Crippen LogP contribution in [0, 0.1) is 0 Å². The van der Waals surface area contributed by atoms with Crippen LogP contribution in [0.25, 0.3) is 0 Å². The summed E-state index contributed by atoms with van der Waals surface area (Å²) < 4.78 is 5.81. The van der Waals surface area contributed by atoms with Crippen molar-refractivity contribution < 1.29 is 29.3 Å². The highest BCUT2D eigenvalue weighted by atomic mass is 16.5. The summed E-state index contributed by atoms with van der Waals surface area (Å²) in [5.74, 6) is -2.77. The largest absolute Gasteiger partial charge is 0.494 e. The Morgan fingerprint density at radius 1 is 0.812 bits per heavy atom. The first kappa shape index (κ1) is 25.0. The topological polar surface area (TPSA) is 107 Å². The molecule has 2 aromatic rings. The molecule has 1 fully saturated rings. The van der Waals surface area contributed by atoms with Crippen LogP contribution in [0.1, 0.15) is 28.8 Å². The number of carbonyl (C=O) groups is 3. The van der Waals surface area contributed by atoms with Crippen LogP contribution in [0.3, 0.4) is 0 Å². The van der Waals surface area contributed by atoms with Gasteiger partial charge in [-0.1, -0.05) is 30.3 Å². The second-order valence-corrected chi connectivity index (χ2v) is 7.53. The monoisotopic (exact) mass is 442 g/mol. The fourth-order valence-electron chi connectivity index (χ4n) is 3.16. The molecule has 2 N–H and O–H groups in total. The highest BCUT2D eigenvalue weighted by Gasteiger charge is 2.13. The smallest absolute Gasteiger partial charge is 0.414 e. The second-order valence-electron chi connectivity index (χ2n) is 7.53. The van der Waals surface area contributed by atoms with Gasteiger partial charge in [-0.3, -0.25) is 4.79 Å². The summed E-state index contributed by atoms with van der Waals surface area (Å²) in [4.78, 5) is 35.5. The van der Waals surface area contributed by atoms with Crippen LogP contribution in [-0.2, 0) is 9.59 Å². The zero-order valence-electron chi connectivity index (χ0n) is 18.3. The fraction of sp³-hybridized carbons (Fsp3) is 0.375. The van der Waals surface area contributed by atoms with E-state index in [2.05, 4.69) is 16.8 Å². The normalized spacial score (nSPS) is 14.2. The van der Waals surface area contributed by atoms with Gasteiger partial charge in [0.15, 0.2) is 5.78 Å². The third-order valence-corrected chi connectivity index (χ3v) is 5.07. The molecule has 1 saturated heterocycles. The minimum Gasteiger partial charge on any atom is -0.494 e. The lowest BCUT2D eigenvalue weighted by Crippen LogP contribution is -2.44. The Morgan fingerprint density at radius 2 is 1.38 bits per heavy atom. The molecule has 0 radical (unpaired) electrons. The van der Waals surface area contributed by atoms with E-state index in [-0.39, 0.29) is 5.78 Å². The molecule has 8 heteroatoms. The van der Waals surface area contributed by atoms with Crippen molar-refractivity contribution >= 4 is 17.7 Å². The lowest BCUT2D eigenvalue weighted by atomic mass is 10.0. The number of hydrogen-bond acceptors (Lipinski definition) is 6. The van der Waals surface area contributed by atoms with E-state index in [1.54, 1.807) is 0 Å². The van der Waals surface area contributed by atoms with Crippen molar-refractivity contribution in [1.82, 2.24) is 9.80 Å². The first-order valence-corrected chi connectivity index (χ1v) is 10.6. The van der Waals surface area contributed by atoms with Crippen LogP contribution >= 0.6 is 0 Å². The quantitative estimate of drug-likeness (QED) is 0.365. The minimum atomic E-state index is -1.82. The molecule has 0 aromatic heterocycles. The number of piperazine rings is 1. The predicted molar refractivity (Wildman–Crippen MR) is 120 cm³/mol. The van der Waals surface area contributed by atoms with Gasteiger partial charge >= 0.3 is 11.9 Å². The molecule has 0 saturated carbocycles. The van der Waals surface area contributed by atoms with Crippen molar-refractivity contribution in [1.29, 1.82) is 0 Å². The molecule has 0 bridgehead atoms. The van der Waals surface area contributed by atoms with E-state index in [0.717, 1.165) is 31.7 Å². The fourth-order valence-corrected chi connectivity index (χ4v) is 3.16. The molecule has 172 valence electrons. The van der Waals surface area contributed by atoms with Gasteiger partial charge in [0.1, 0.15) is 5.75 Å². The molecule has 1 heterocycles. The molecule has 0 unspecified atom stereocenters. The van der Waals surface area contributed by atoms with Gasteiger partial charge in [-0.15, -0.1) is 0 Å². The minimum absolute atomic E-state index is 0.0457. The summed E-state index contributed by atoms with van der Waals surface area (Å²) >= 11 is 0. The van der Waals surface area contributed by atoms with E-state index in [4.69, 9.17) is 24.5 Å². The van der Waals surface area contributed by atoms with Gasteiger partial charge in [-0.05, 0) is 50.7 Å². The lowest BCUT2D eigenvalue weighted by molar-refractivity contribution is -0.159. The number of carboxylic acid groups (broad SMARTS) is 2. The summed E-state index contributed by atoms with van der Waals surface area (Å²) in [7, 11) is 2.18. The highest BCUT2D eigenvalue weighted by Crippen LogP contribution is 2.16. The van der Waals surface area contributed by atoms with Crippen molar-refractivity contribution in [3.05, 3.63) is 65.7 Å². The number of ketones is 1. The number of nitrogens with zero attached hydrogens (tertiary/aromatic N) is 2. The third kappa shape index (κ3) is 8.87. The number of rotatable bonds is 8. The summed E-state index contributed by atoms with van der Waals surface area (Å²) in [5.41, 5.74) is 1.41. The summed E-state index contributed by atoms with van der Waals surface area (Å²) in [6, 6.07) is 16.8. The Morgan fingerprint density at radius 3 is 1.94 bits per heavy atom. The SMILES string of the molecule is CN1CCN(CCCCOc2ccc(C(=O)c3ccccc3)cc2)CC1.O=C(O)C(=O)O. The average Bonchev–Trinajstić information content (AvgIpc) is 2.81. The maximum absolute atomic E-state index is 12.4. The van der Waals surface area contributed by atoms with Gasteiger partial charge in [-0.2, -0.15) is 0 Å². The third-order valence-electron chi connectivity index (χ3n) is 5.07.